The van der Waals surface area contributed by atoms with Crippen LogP contribution in [-0.4, -0.2) is 75.1 Å². The molecular weight excluding hydrogens is 174 g/mol. The Balaban J connectivity index is 3.48. The molecule has 14 heavy (non-hydrogen) atoms. The van der Waals surface area contributed by atoms with Crippen molar-refractivity contribution in [2.24, 2.45) is 0 Å². The maximum atomic E-state index is 2.39. The fraction of sp³-hybridized carbons (Fsp3) is 1.00. The zero-order valence-electron chi connectivity index (χ0n) is 10.7. The Bertz CT molecular complexity index is 134. The molecule has 0 aromatic rings. The Labute approximate surface area is 89.7 Å². The first-order valence-electron chi connectivity index (χ1n) is 5.47. The van der Waals surface area contributed by atoms with E-state index in [2.05, 4.69) is 56.7 Å². The molecular formula is C11H27N3. The van der Waals surface area contributed by atoms with Crippen LogP contribution in [-0.2, 0) is 0 Å². The zero-order valence-corrected chi connectivity index (χ0v) is 10.7. The van der Waals surface area contributed by atoms with Gasteiger partial charge in [-0.2, -0.15) is 0 Å². The molecule has 0 heterocycles. The first-order chi connectivity index (χ1) is 6.43. The van der Waals surface area contributed by atoms with Gasteiger partial charge in [-0.3, -0.25) is 0 Å². The summed E-state index contributed by atoms with van der Waals surface area (Å²) < 4.78 is 0. The molecule has 0 aromatic heterocycles. The van der Waals surface area contributed by atoms with Crippen molar-refractivity contribution in [3.8, 4) is 0 Å². The second-order valence-corrected chi connectivity index (χ2v) is 4.68. The lowest BCUT2D eigenvalue weighted by Gasteiger charge is -2.25. The summed E-state index contributed by atoms with van der Waals surface area (Å²) in [5.41, 5.74) is 0. The summed E-state index contributed by atoms with van der Waals surface area (Å²) in [5.74, 6) is 0. The zero-order chi connectivity index (χ0) is 11.1. The minimum atomic E-state index is 0.650. The molecule has 3 nitrogen and oxygen atoms in total. The van der Waals surface area contributed by atoms with Crippen LogP contribution in [0.5, 0.6) is 0 Å². The molecule has 0 aliphatic carbocycles. The first-order valence-corrected chi connectivity index (χ1v) is 5.47. The van der Waals surface area contributed by atoms with Gasteiger partial charge in [-0.15, -0.1) is 0 Å². The lowest BCUT2D eigenvalue weighted by atomic mass is 10.3. The van der Waals surface area contributed by atoms with E-state index in [-0.39, 0.29) is 0 Å². The third kappa shape index (κ3) is 7.30. The SMILES string of the molecule is CC(C)N(C)CCN(C)CCN(C)C. The molecule has 3 heteroatoms. The van der Waals surface area contributed by atoms with Crippen LogP contribution in [0.2, 0.25) is 0 Å². The van der Waals surface area contributed by atoms with E-state index in [1.54, 1.807) is 0 Å². The van der Waals surface area contributed by atoms with Gasteiger partial charge in [-0.05, 0) is 42.0 Å². The van der Waals surface area contributed by atoms with Gasteiger partial charge in [0.25, 0.3) is 0 Å². The molecule has 0 N–H and O–H groups in total. The predicted octanol–water partition coefficient (Wildman–Crippen LogP) is 0.820. The Morgan fingerprint density at radius 1 is 0.786 bits per heavy atom. The molecule has 0 radical (unpaired) electrons. The molecule has 0 fully saturated rings. The van der Waals surface area contributed by atoms with Gasteiger partial charge in [0.2, 0.25) is 0 Å². The highest BCUT2D eigenvalue weighted by atomic mass is 15.2. The van der Waals surface area contributed by atoms with Gasteiger partial charge in [-0.25, -0.2) is 0 Å². The maximum absolute atomic E-state index is 2.39. The molecule has 0 rings (SSSR count). The fourth-order valence-corrected chi connectivity index (χ4v) is 1.07. The Morgan fingerprint density at radius 2 is 1.29 bits per heavy atom. The van der Waals surface area contributed by atoms with Gasteiger partial charge in [0, 0.05) is 32.2 Å². The van der Waals surface area contributed by atoms with E-state index >= 15 is 0 Å². The average Bonchev–Trinajstić information content (AvgIpc) is 2.10. The van der Waals surface area contributed by atoms with E-state index in [1.807, 2.05) is 0 Å². The van der Waals surface area contributed by atoms with E-state index < -0.39 is 0 Å². The average molecular weight is 201 g/mol. The van der Waals surface area contributed by atoms with Crippen molar-refractivity contribution < 1.29 is 0 Å². The Hall–Kier alpha value is -0.120. The van der Waals surface area contributed by atoms with Crippen molar-refractivity contribution in [2.75, 3.05) is 54.4 Å². The van der Waals surface area contributed by atoms with E-state index in [9.17, 15) is 0 Å². The van der Waals surface area contributed by atoms with E-state index in [0.29, 0.717) is 6.04 Å². The third-order valence-electron chi connectivity index (χ3n) is 2.64. The molecule has 0 spiro atoms. The molecule has 0 saturated heterocycles. The van der Waals surface area contributed by atoms with Gasteiger partial charge < -0.3 is 14.7 Å². The van der Waals surface area contributed by atoms with Crippen molar-refractivity contribution in [3.63, 3.8) is 0 Å². The lowest BCUT2D eigenvalue weighted by molar-refractivity contribution is 0.214. The lowest BCUT2D eigenvalue weighted by Crippen LogP contribution is -2.37. The summed E-state index contributed by atoms with van der Waals surface area (Å²) in [6, 6.07) is 0.650. The van der Waals surface area contributed by atoms with E-state index in [0.717, 1.165) is 26.2 Å². The third-order valence-corrected chi connectivity index (χ3v) is 2.64. The summed E-state index contributed by atoms with van der Waals surface area (Å²) in [6.07, 6.45) is 0. The van der Waals surface area contributed by atoms with Crippen LogP contribution < -0.4 is 0 Å². The largest absolute Gasteiger partial charge is 0.308 e. The Kier molecular flexibility index (Phi) is 7.15. The number of likely N-dealkylation sites (N-methyl/N-ethyl adjacent to an activating group) is 3. The topological polar surface area (TPSA) is 9.72 Å². The molecule has 0 unspecified atom stereocenters. The minimum Gasteiger partial charge on any atom is -0.308 e. The van der Waals surface area contributed by atoms with Crippen LogP contribution in [0.15, 0.2) is 0 Å². The second kappa shape index (κ2) is 7.21. The van der Waals surface area contributed by atoms with E-state index in [1.165, 1.54) is 0 Å². The van der Waals surface area contributed by atoms with Gasteiger partial charge in [0.1, 0.15) is 0 Å². The van der Waals surface area contributed by atoms with Gasteiger partial charge in [-0.1, -0.05) is 0 Å². The molecule has 0 amide bonds. The molecule has 0 saturated carbocycles. The quantitative estimate of drug-likeness (QED) is 0.604. The molecule has 0 aromatic carbocycles. The van der Waals surface area contributed by atoms with Crippen LogP contribution in [0.1, 0.15) is 13.8 Å². The number of rotatable bonds is 7. The highest BCUT2D eigenvalue weighted by Crippen LogP contribution is 1.93. The summed E-state index contributed by atoms with van der Waals surface area (Å²) in [4.78, 5) is 6.99. The summed E-state index contributed by atoms with van der Waals surface area (Å²) in [6.45, 7) is 9.07. The van der Waals surface area contributed by atoms with Crippen molar-refractivity contribution in [3.05, 3.63) is 0 Å². The normalized spacial score (nSPS) is 12.4. The van der Waals surface area contributed by atoms with Crippen LogP contribution in [0, 0.1) is 0 Å². The van der Waals surface area contributed by atoms with Crippen LogP contribution in [0.4, 0.5) is 0 Å². The van der Waals surface area contributed by atoms with Crippen LogP contribution >= 0.6 is 0 Å². The first kappa shape index (κ1) is 13.9. The van der Waals surface area contributed by atoms with Crippen molar-refractivity contribution >= 4 is 0 Å². The van der Waals surface area contributed by atoms with Gasteiger partial charge >= 0.3 is 0 Å². The number of nitrogens with zero attached hydrogens (tertiary/aromatic N) is 3. The molecule has 0 aliphatic rings. The van der Waals surface area contributed by atoms with Crippen LogP contribution in [0.3, 0.4) is 0 Å². The number of hydrogen-bond donors (Lipinski definition) is 0. The van der Waals surface area contributed by atoms with Gasteiger partial charge in [0.05, 0.1) is 0 Å². The Morgan fingerprint density at radius 3 is 1.71 bits per heavy atom. The summed E-state index contributed by atoms with van der Waals surface area (Å²) >= 11 is 0. The second-order valence-electron chi connectivity index (χ2n) is 4.68. The summed E-state index contributed by atoms with van der Waals surface area (Å²) in [7, 11) is 8.62. The number of hydrogen-bond acceptors (Lipinski definition) is 3. The molecule has 86 valence electrons. The maximum Gasteiger partial charge on any atom is 0.0109 e. The minimum absolute atomic E-state index is 0.650. The predicted molar refractivity (Wildman–Crippen MR) is 63.8 cm³/mol. The standard InChI is InChI=1S/C11H27N3/c1-11(2)14(6)10-9-13(5)8-7-12(3)4/h11H,7-10H2,1-6H3. The van der Waals surface area contributed by atoms with Crippen molar-refractivity contribution in [1.29, 1.82) is 0 Å². The van der Waals surface area contributed by atoms with Crippen molar-refractivity contribution in [1.82, 2.24) is 14.7 Å². The molecule has 0 bridgehead atoms. The smallest absolute Gasteiger partial charge is 0.0109 e. The monoisotopic (exact) mass is 201 g/mol. The highest BCUT2D eigenvalue weighted by Gasteiger charge is 2.04. The highest BCUT2D eigenvalue weighted by molar-refractivity contribution is 4.61. The van der Waals surface area contributed by atoms with Crippen LogP contribution in [0.25, 0.3) is 0 Å². The fourth-order valence-electron chi connectivity index (χ4n) is 1.07. The summed E-state index contributed by atoms with van der Waals surface area (Å²) in [5, 5.41) is 0. The van der Waals surface area contributed by atoms with E-state index in [4.69, 9.17) is 0 Å². The van der Waals surface area contributed by atoms with Gasteiger partial charge in [0.15, 0.2) is 0 Å². The van der Waals surface area contributed by atoms with Crippen molar-refractivity contribution in [2.45, 2.75) is 19.9 Å². The molecule has 0 atom stereocenters. The molecule has 0 aliphatic heterocycles.